The Morgan fingerprint density at radius 2 is 1.74 bits per heavy atom. The minimum atomic E-state index is -0.406. The number of aromatic nitrogens is 1. The van der Waals surface area contributed by atoms with E-state index in [1.807, 2.05) is 57.2 Å². The maximum absolute atomic E-state index is 13.7. The highest BCUT2D eigenvalue weighted by molar-refractivity contribution is 5.97. The molecule has 3 aromatic rings. The fraction of sp³-hybridized carbons (Fsp3) is 0.476. The van der Waals surface area contributed by atoms with Crippen molar-refractivity contribution in [2.45, 2.75) is 90.6 Å². The Hall–Kier alpha value is -4.94. The number of nitrogens with one attached hydrogen (secondary N) is 6. The average molecular weight is 735 g/mol. The number of likely N-dealkylation sites (N-methyl/N-ethyl adjacent to an activating group) is 1. The smallest absolute Gasteiger partial charge is 0.320 e. The van der Waals surface area contributed by atoms with Crippen molar-refractivity contribution in [2.75, 3.05) is 39.0 Å². The largest absolute Gasteiger partial charge is 0.484 e. The maximum Gasteiger partial charge on any atom is 0.320 e. The molecule has 2 saturated heterocycles. The Bertz CT molecular complexity index is 1920. The molecule has 1 aliphatic carbocycles. The van der Waals surface area contributed by atoms with Gasteiger partial charge in [0, 0.05) is 61.2 Å². The fourth-order valence-electron chi connectivity index (χ4n) is 7.40. The fourth-order valence-corrected chi connectivity index (χ4v) is 7.40. The molecule has 2 aliphatic heterocycles. The first kappa shape index (κ1) is 38.8. The van der Waals surface area contributed by atoms with Crippen molar-refractivity contribution in [2.24, 2.45) is 5.41 Å². The van der Waals surface area contributed by atoms with Gasteiger partial charge in [-0.3, -0.25) is 25.6 Å². The molecule has 0 spiro atoms. The van der Waals surface area contributed by atoms with Gasteiger partial charge in [0.1, 0.15) is 23.2 Å². The Balaban J connectivity index is 1.13. The SMILES string of the molecule is C[C@H]1CCCCN1C(=N)n1cc(O[C@@H]2CC[C@H](NC(=O)N/C(=C/C(=N)C(C)(C)C)Nc3cccc(CN4CC(N(C)C)C4)c3)c3ccccc32)ccc1=N. The van der Waals surface area contributed by atoms with E-state index in [2.05, 4.69) is 63.8 Å². The van der Waals surface area contributed by atoms with Gasteiger partial charge >= 0.3 is 6.03 Å². The molecule has 54 heavy (non-hydrogen) atoms. The molecule has 1 aromatic heterocycles. The molecule has 2 aromatic carbocycles. The van der Waals surface area contributed by atoms with Gasteiger partial charge in [-0.15, -0.1) is 0 Å². The van der Waals surface area contributed by atoms with Gasteiger partial charge < -0.3 is 30.6 Å². The number of urea groups is 1. The summed E-state index contributed by atoms with van der Waals surface area (Å²) in [4.78, 5) is 20.5. The average Bonchev–Trinajstić information content (AvgIpc) is 3.11. The topological polar surface area (TPSA) is 149 Å². The minimum absolute atomic E-state index is 0.239. The number of nitrogens with zero attached hydrogens (tertiary/aromatic N) is 4. The van der Waals surface area contributed by atoms with Crippen molar-refractivity contribution in [1.82, 2.24) is 29.9 Å². The number of rotatable bonds is 10. The molecule has 12 heteroatoms. The van der Waals surface area contributed by atoms with Crippen molar-refractivity contribution >= 4 is 23.4 Å². The lowest BCUT2D eigenvalue weighted by molar-refractivity contribution is 0.0574. The van der Waals surface area contributed by atoms with Gasteiger partial charge in [0.25, 0.3) is 0 Å². The van der Waals surface area contributed by atoms with E-state index < -0.39 is 5.41 Å². The number of anilines is 1. The number of carbonyl (C=O) groups is 1. The number of hydrogen-bond acceptors (Lipinski definition) is 8. The second kappa shape index (κ2) is 16.6. The third-order valence-electron chi connectivity index (χ3n) is 10.9. The zero-order valence-corrected chi connectivity index (χ0v) is 32.7. The van der Waals surface area contributed by atoms with Crippen LogP contribution in [0.25, 0.3) is 0 Å². The molecule has 3 atom stereocenters. The monoisotopic (exact) mass is 734 g/mol. The van der Waals surface area contributed by atoms with Crippen LogP contribution in [0.1, 0.15) is 88.6 Å². The van der Waals surface area contributed by atoms with Crippen LogP contribution in [0.4, 0.5) is 10.5 Å². The third-order valence-corrected chi connectivity index (χ3v) is 10.9. The standard InChI is InChI=1S/C42H58N10O2/c1-28-12-9-10-21-51(28)40(45)52-27-32(17-20-38(52)44)54-36-19-18-35(33-15-7-8-16-34(33)36)47-41(53)48-39(23-37(43)42(2,3)4)46-30-14-11-13-29(22-30)24-50-25-31(26-50)49(5)6/h7-8,11,13-17,20,22-23,27-28,31,35-36,43-46H,9-10,12,18-19,21,24-26H2,1-6H3,(H2,47,48,53)/b39-23+,43-37?,44-38?,45-40?/t28-,35-,36+/m0/s1. The Morgan fingerprint density at radius 3 is 2.46 bits per heavy atom. The van der Waals surface area contributed by atoms with Gasteiger partial charge in [-0.25, -0.2) is 4.79 Å². The molecule has 6 N–H and O–H groups in total. The normalized spacial score (nSPS) is 20.8. The predicted molar refractivity (Wildman–Crippen MR) is 215 cm³/mol. The summed E-state index contributed by atoms with van der Waals surface area (Å²) in [5.41, 5.74) is 4.23. The lowest BCUT2D eigenvalue weighted by Crippen LogP contribution is -2.56. The number of ether oxygens (including phenoxy) is 1. The molecule has 0 radical (unpaired) electrons. The van der Waals surface area contributed by atoms with Gasteiger partial charge in [-0.2, -0.15) is 0 Å². The van der Waals surface area contributed by atoms with Gasteiger partial charge in [0.15, 0.2) is 0 Å². The van der Waals surface area contributed by atoms with Crippen LogP contribution in [0.2, 0.25) is 0 Å². The molecule has 2 amide bonds. The van der Waals surface area contributed by atoms with Gasteiger partial charge in [-0.1, -0.05) is 57.2 Å². The summed E-state index contributed by atoms with van der Waals surface area (Å²) < 4.78 is 8.17. The summed E-state index contributed by atoms with van der Waals surface area (Å²) in [5, 5.41) is 35.8. The first-order chi connectivity index (χ1) is 25.7. The minimum Gasteiger partial charge on any atom is -0.484 e. The van der Waals surface area contributed by atoms with Gasteiger partial charge in [0.2, 0.25) is 5.96 Å². The Kier molecular flexibility index (Phi) is 11.9. The van der Waals surface area contributed by atoms with Crippen LogP contribution >= 0.6 is 0 Å². The van der Waals surface area contributed by atoms with Crippen LogP contribution in [0.3, 0.4) is 0 Å². The first-order valence-corrected chi connectivity index (χ1v) is 19.3. The molecular weight excluding hydrogens is 677 g/mol. The number of pyridine rings is 1. The molecule has 0 bridgehead atoms. The summed E-state index contributed by atoms with van der Waals surface area (Å²) in [6.45, 7) is 11.8. The number of benzene rings is 2. The predicted octanol–water partition coefficient (Wildman–Crippen LogP) is 6.64. The van der Waals surface area contributed by atoms with Crippen molar-refractivity contribution in [3.63, 3.8) is 0 Å². The number of piperidine rings is 1. The number of carbonyl (C=O) groups excluding carboxylic acids is 1. The van der Waals surface area contributed by atoms with E-state index in [0.29, 0.717) is 42.1 Å². The summed E-state index contributed by atoms with van der Waals surface area (Å²) in [7, 11) is 4.25. The van der Waals surface area contributed by atoms with Crippen molar-refractivity contribution in [3.8, 4) is 5.75 Å². The zero-order chi connectivity index (χ0) is 38.6. The lowest BCUT2D eigenvalue weighted by atomic mass is 9.85. The molecule has 0 unspecified atom stereocenters. The van der Waals surface area contributed by atoms with Crippen molar-refractivity contribution in [3.05, 3.63) is 101 Å². The molecule has 6 rings (SSSR count). The first-order valence-electron chi connectivity index (χ1n) is 19.3. The van der Waals surface area contributed by atoms with Crippen LogP contribution in [0.15, 0.2) is 78.8 Å². The van der Waals surface area contributed by atoms with E-state index in [1.165, 1.54) is 5.56 Å². The van der Waals surface area contributed by atoms with Crippen LogP contribution in [-0.4, -0.2) is 82.8 Å². The Morgan fingerprint density at radius 1 is 0.981 bits per heavy atom. The molecule has 3 heterocycles. The van der Waals surface area contributed by atoms with E-state index in [9.17, 15) is 4.79 Å². The molecule has 3 aliphatic rings. The molecule has 12 nitrogen and oxygen atoms in total. The highest BCUT2D eigenvalue weighted by Gasteiger charge is 2.31. The lowest BCUT2D eigenvalue weighted by Gasteiger charge is -2.42. The number of amides is 2. The summed E-state index contributed by atoms with van der Waals surface area (Å²) in [6.07, 6.45) is 7.76. The molecule has 288 valence electrons. The van der Waals surface area contributed by atoms with E-state index in [0.717, 1.165) is 62.3 Å². The Labute approximate surface area is 320 Å². The second-order valence-electron chi connectivity index (χ2n) is 16.3. The summed E-state index contributed by atoms with van der Waals surface area (Å²) in [6, 6.07) is 20.0. The van der Waals surface area contributed by atoms with E-state index in [4.69, 9.17) is 21.0 Å². The zero-order valence-electron chi connectivity index (χ0n) is 32.7. The number of likely N-dealkylation sites (tertiary alicyclic amines) is 2. The van der Waals surface area contributed by atoms with Crippen LogP contribution in [-0.2, 0) is 6.54 Å². The molecule has 0 saturated carbocycles. The number of allylic oxidation sites excluding steroid dienone is 1. The maximum atomic E-state index is 13.7. The van der Waals surface area contributed by atoms with Crippen LogP contribution in [0.5, 0.6) is 5.75 Å². The summed E-state index contributed by atoms with van der Waals surface area (Å²) in [5.74, 6) is 1.33. The van der Waals surface area contributed by atoms with Crippen molar-refractivity contribution in [1.29, 1.82) is 16.2 Å². The number of fused-ring (bicyclic) bond motifs is 1. The molecule has 2 fully saturated rings. The van der Waals surface area contributed by atoms with E-state index in [1.54, 1.807) is 29.0 Å². The summed E-state index contributed by atoms with van der Waals surface area (Å²) >= 11 is 0. The number of hydrogen-bond donors (Lipinski definition) is 6. The second-order valence-corrected chi connectivity index (χ2v) is 16.3. The van der Waals surface area contributed by atoms with Crippen LogP contribution < -0.4 is 26.2 Å². The quantitative estimate of drug-likeness (QED) is 0.102. The highest BCUT2D eigenvalue weighted by Crippen LogP contribution is 2.38. The van der Waals surface area contributed by atoms with Gasteiger partial charge in [0.05, 0.1) is 12.2 Å². The van der Waals surface area contributed by atoms with Crippen molar-refractivity contribution < 1.29 is 9.53 Å². The van der Waals surface area contributed by atoms with E-state index >= 15 is 0 Å². The van der Waals surface area contributed by atoms with E-state index in [-0.39, 0.29) is 29.7 Å². The highest BCUT2D eigenvalue weighted by atomic mass is 16.5. The van der Waals surface area contributed by atoms with Crippen LogP contribution in [0, 0.1) is 21.6 Å². The third kappa shape index (κ3) is 9.40. The molecular formula is C42H58N10O2. The van der Waals surface area contributed by atoms with Gasteiger partial charge in [-0.05, 0) is 94.1 Å².